The van der Waals surface area contributed by atoms with Gasteiger partial charge in [0.05, 0.1) is 13.2 Å². The molecular weight excluding hydrogens is 258 g/mol. The highest BCUT2D eigenvalue weighted by molar-refractivity contribution is 5.73. The van der Waals surface area contributed by atoms with Gasteiger partial charge in [-0.1, -0.05) is 0 Å². The average molecular weight is 277 g/mol. The highest BCUT2D eigenvalue weighted by Gasteiger charge is 2.50. The van der Waals surface area contributed by atoms with Crippen LogP contribution in [-0.2, 0) is 9.53 Å². The lowest BCUT2D eigenvalue weighted by Gasteiger charge is -2.43. The Morgan fingerprint density at radius 1 is 1.37 bits per heavy atom. The standard InChI is InChI=1S/C11H19NO7/c13-7-4-19-11(18,9(15)8(7)14)5-12-3-1-2-6(12)10(16)17/h6-9,13-15,18H,1-5H2,(H,16,17). The number of carboxylic acid groups (broad SMARTS) is 1. The summed E-state index contributed by atoms with van der Waals surface area (Å²) in [5, 5.41) is 47.9. The van der Waals surface area contributed by atoms with Crippen LogP contribution in [0.3, 0.4) is 0 Å². The van der Waals surface area contributed by atoms with E-state index in [0.717, 1.165) is 0 Å². The summed E-state index contributed by atoms with van der Waals surface area (Å²) in [6.07, 6.45) is -3.35. The van der Waals surface area contributed by atoms with Crippen molar-refractivity contribution in [3.63, 3.8) is 0 Å². The SMILES string of the molecule is O=C(O)C1CCCN1CC1(O)OCC(O)C(O)C1O. The fourth-order valence-corrected chi connectivity index (χ4v) is 2.62. The summed E-state index contributed by atoms with van der Waals surface area (Å²) in [6.45, 7) is -0.0801. The number of aliphatic hydroxyl groups is 4. The van der Waals surface area contributed by atoms with E-state index in [9.17, 15) is 25.2 Å². The van der Waals surface area contributed by atoms with E-state index in [4.69, 9.17) is 9.84 Å². The number of hydrogen-bond acceptors (Lipinski definition) is 7. The molecule has 0 aromatic carbocycles. The average Bonchev–Trinajstić information content (AvgIpc) is 2.80. The van der Waals surface area contributed by atoms with Crippen LogP contribution >= 0.6 is 0 Å². The molecule has 19 heavy (non-hydrogen) atoms. The van der Waals surface area contributed by atoms with E-state index in [2.05, 4.69) is 0 Å². The maximum atomic E-state index is 11.0. The highest BCUT2D eigenvalue weighted by atomic mass is 16.6. The van der Waals surface area contributed by atoms with Crippen molar-refractivity contribution in [1.29, 1.82) is 0 Å². The highest BCUT2D eigenvalue weighted by Crippen LogP contribution is 2.28. The number of ether oxygens (including phenoxy) is 1. The minimum absolute atomic E-state index is 0.227. The number of β-amino-alcohol motifs (C(OH)–C–C–N with tert-alkyl or cyclic N) is 1. The van der Waals surface area contributed by atoms with Gasteiger partial charge in [0.15, 0.2) is 0 Å². The number of rotatable bonds is 3. The second-order valence-corrected chi connectivity index (χ2v) is 5.13. The van der Waals surface area contributed by atoms with Crippen LogP contribution in [0.15, 0.2) is 0 Å². The lowest BCUT2D eigenvalue weighted by atomic mass is 9.96. The van der Waals surface area contributed by atoms with Crippen molar-refractivity contribution >= 4 is 5.97 Å². The lowest BCUT2D eigenvalue weighted by molar-refractivity contribution is -0.325. The lowest BCUT2D eigenvalue weighted by Crippen LogP contribution is -2.65. The zero-order valence-corrected chi connectivity index (χ0v) is 10.3. The maximum Gasteiger partial charge on any atom is 0.320 e. The van der Waals surface area contributed by atoms with Gasteiger partial charge in [-0.05, 0) is 19.4 Å². The quantitative estimate of drug-likeness (QED) is 0.378. The van der Waals surface area contributed by atoms with Gasteiger partial charge in [0.2, 0.25) is 5.79 Å². The minimum atomic E-state index is -2.07. The van der Waals surface area contributed by atoms with Gasteiger partial charge in [-0.3, -0.25) is 9.69 Å². The summed E-state index contributed by atoms with van der Waals surface area (Å²) in [6, 6.07) is -0.733. The van der Waals surface area contributed by atoms with Crippen molar-refractivity contribution < 1.29 is 35.1 Å². The van der Waals surface area contributed by atoms with Gasteiger partial charge in [-0.2, -0.15) is 0 Å². The summed E-state index contributed by atoms with van der Waals surface area (Å²) >= 11 is 0. The summed E-state index contributed by atoms with van der Waals surface area (Å²) < 4.78 is 5.01. The topological polar surface area (TPSA) is 131 Å². The van der Waals surface area contributed by atoms with E-state index < -0.39 is 36.1 Å². The molecule has 0 bridgehead atoms. The Labute approximate surface area is 109 Å². The van der Waals surface area contributed by atoms with E-state index in [1.807, 2.05) is 0 Å². The first-order valence-electron chi connectivity index (χ1n) is 6.22. The van der Waals surface area contributed by atoms with Crippen molar-refractivity contribution in [3.8, 4) is 0 Å². The zero-order chi connectivity index (χ0) is 14.2. The van der Waals surface area contributed by atoms with Gasteiger partial charge in [-0.25, -0.2) is 0 Å². The van der Waals surface area contributed by atoms with Gasteiger partial charge in [0, 0.05) is 0 Å². The Morgan fingerprint density at radius 2 is 2.05 bits per heavy atom. The largest absolute Gasteiger partial charge is 0.480 e. The van der Waals surface area contributed by atoms with Crippen molar-refractivity contribution in [3.05, 3.63) is 0 Å². The van der Waals surface area contributed by atoms with Crippen LogP contribution in [0.2, 0.25) is 0 Å². The Balaban J connectivity index is 2.06. The number of carbonyl (C=O) groups is 1. The summed E-state index contributed by atoms with van der Waals surface area (Å²) in [5.74, 6) is -3.07. The molecule has 2 fully saturated rings. The molecule has 2 aliphatic heterocycles. The third-order valence-electron chi connectivity index (χ3n) is 3.76. The van der Waals surface area contributed by atoms with E-state index in [1.165, 1.54) is 4.90 Å². The molecule has 110 valence electrons. The minimum Gasteiger partial charge on any atom is -0.480 e. The molecule has 0 aromatic rings. The molecule has 0 saturated carbocycles. The van der Waals surface area contributed by atoms with Crippen LogP contribution in [0, 0.1) is 0 Å². The Bertz CT molecular complexity index is 352. The van der Waals surface area contributed by atoms with Crippen LogP contribution in [0.5, 0.6) is 0 Å². The first-order valence-corrected chi connectivity index (χ1v) is 6.22. The number of carboxylic acids is 1. The van der Waals surface area contributed by atoms with Crippen molar-refractivity contribution in [2.75, 3.05) is 19.7 Å². The van der Waals surface area contributed by atoms with E-state index in [-0.39, 0.29) is 13.2 Å². The first-order chi connectivity index (χ1) is 8.85. The molecule has 0 spiro atoms. The molecule has 8 nitrogen and oxygen atoms in total. The van der Waals surface area contributed by atoms with Gasteiger partial charge in [0.25, 0.3) is 0 Å². The number of nitrogens with zero attached hydrogens (tertiary/aromatic N) is 1. The molecule has 0 amide bonds. The molecule has 5 atom stereocenters. The number of hydrogen-bond donors (Lipinski definition) is 5. The third kappa shape index (κ3) is 2.73. The fraction of sp³-hybridized carbons (Fsp3) is 0.909. The molecule has 2 saturated heterocycles. The second-order valence-electron chi connectivity index (χ2n) is 5.13. The normalized spacial score (nSPS) is 44.4. The van der Waals surface area contributed by atoms with Crippen molar-refractivity contribution in [1.82, 2.24) is 4.90 Å². The van der Waals surface area contributed by atoms with E-state index in [0.29, 0.717) is 19.4 Å². The van der Waals surface area contributed by atoms with Crippen LogP contribution in [0.4, 0.5) is 0 Å². The van der Waals surface area contributed by atoms with Crippen LogP contribution in [0.25, 0.3) is 0 Å². The smallest absolute Gasteiger partial charge is 0.320 e. The molecule has 0 aliphatic carbocycles. The van der Waals surface area contributed by atoms with Crippen LogP contribution in [-0.4, -0.2) is 86.2 Å². The Morgan fingerprint density at radius 3 is 2.68 bits per heavy atom. The molecule has 0 radical (unpaired) electrons. The molecule has 2 heterocycles. The van der Waals surface area contributed by atoms with Gasteiger partial charge in [-0.15, -0.1) is 0 Å². The van der Waals surface area contributed by atoms with Crippen LogP contribution in [0.1, 0.15) is 12.8 Å². The van der Waals surface area contributed by atoms with Crippen molar-refractivity contribution in [2.24, 2.45) is 0 Å². The summed E-state index contributed by atoms with van der Waals surface area (Å²) in [7, 11) is 0. The number of likely N-dealkylation sites (tertiary alicyclic amines) is 1. The Hall–Kier alpha value is -0.770. The van der Waals surface area contributed by atoms with Gasteiger partial charge in [0.1, 0.15) is 24.4 Å². The second kappa shape index (κ2) is 5.31. The predicted octanol–water partition coefficient (Wildman–Crippen LogP) is -2.66. The molecule has 2 aliphatic rings. The molecular formula is C11H19NO7. The monoisotopic (exact) mass is 277 g/mol. The maximum absolute atomic E-state index is 11.0. The predicted molar refractivity (Wildman–Crippen MR) is 61.2 cm³/mol. The molecule has 0 aromatic heterocycles. The summed E-state index contributed by atoms with van der Waals surface area (Å²) in [5.41, 5.74) is 0. The first kappa shape index (κ1) is 14.6. The molecule has 2 rings (SSSR count). The van der Waals surface area contributed by atoms with Gasteiger partial charge < -0.3 is 30.3 Å². The number of aliphatic hydroxyl groups excluding tert-OH is 3. The van der Waals surface area contributed by atoms with Crippen LogP contribution < -0.4 is 0 Å². The fourth-order valence-electron chi connectivity index (χ4n) is 2.62. The molecule has 5 unspecified atom stereocenters. The van der Waals surface area contributed by atoms with E-state index in [1.54, 1.807) is 0 Å². The molecule has 8 heteroatoms. The van der Waals surface area contributed by atoms with E-state index >= 15 is 0 Å². The summed E-state index contributed by atoms with van der Waals surface area (Å²) in [4.78, 5) is 12.5. The third-order valence-corrected chi connectivity index (χ3v) is 3.76. The van der Waals surface area contributed by atoms with Gasteiger partial charge >= 0.3 is 5.97 Å². The van der Waals surface area contributed by atoms with Crippen molar-refractivity contribution in [2.45, 2.75) is 43.0 Å². The number of aliphatic carboxylic acids is 1. The zero-order valence-electron chi connectivity index (χ0n) is 10.3. The Kier molecular flexibility index (Phi) is 4.09. The molecule has 5 N–H and O–H groups in total.